The van der Waals surface area contributed by atoms with Gasteiger partial charge < -0.3 is 62.9 Å². The zero-order valence-corrected chi connectivity index (χ0v) is 66.0. The minimum atomic E-state index is -4.98. The van der Waals surface area contributed by atoms with E-state index in [4.69, 9.17) is 72.1 Å². The van der Waals surface area contributed by atoms with Crippen LogP contribution in [0.4, 0.5) is 103 Å². The lowest BCUT2D eigenvalue weighted by Crippen LogP contribution is -2.37. The summed E-state index contributed by atoms with van der Waals surface area (Å²) in [5.74, 6) is -4.10. The normalized spacial score (nSPS) is 11.6. The number of alkyl halides is 6. The maximum atomic E-state index is 14.0. The minimum Gasteiger partial charge on any atom is -0.495 e. The number of hydrogen-bond donors (Lipinski definition) is 9. The van der Waals surface area contributed by atoms with Gasteiger partial charge in [0.05, 0.1) is 104 Å². The third-order valence-electron chi connectivity index (χ3n) is 15.2. The summed E-state index contributed by atoms with van der Waals surface area (Å²) in [4.78, 5) is 45.7. The van der Waals surface area contributed by atoms with Crippen LogP contribution in [-0.4, -0.2) is 136 Å². The molecular weight excluding hydrogens is 1640 g/mol. The summed E-state index contributed by atoms with van der Waals surface area (Å²) in [6.07, 6.45) is -4.95. The fourth-order valence-electron chi connectivity index (χ4n) is 9.36. The molecular formula is C70H74Cl4F9N15O11S3. The highest BCUT2D eigenvalue weighted by atomic mass is 35.5. The Labute approximate surface area is 658 Å². The van der Waals surface area contributed by atoms with Gasteiger partial charge in [-0.3, -0.25) is 9.59 Å². The number of sulfone groups is 3. The Morgan fingerprint density at radius 3 is 1.08 bits per heavy atom. The highest BCUT2D eigenvalue weighted by Gasteiger charge is 2.39. The van der Waals surface area contributed by atoms with E-state index in [1.165, 1.54) is 72.6 Å². The van der Waals surface area contributed by atoms with Gasteiger partial charge in [-0.15, -0.1) is 0 Å². The second-order valence-electron chi connectivity index (χ2n) is 24.1. The number of carbonyl (C=O) groups excluding carboxylic acids is 2. The molecule has 0 aliphatic rings. The third kappa shape index (κ3) is 25.5. The summed E-state index contributed by atoms with van der Waals surface area (Å²) in [6, 6.07) is 25.1. The van der Waals surface area contributed by atoms with Crippen molar-refractivity contribution in [1.29, 1.82) is 0 Å². The van der Waals surface area contributed by atoms with Crippen molar-refractivity contribution in [3.8, 4) is 17.2 Å². The molecule has 6 aromatic carbocycles. The van der Waals surface area contributed by atoms with Crippen LogP contribution in [0.25, 0.3) is 0 Å². The molecule has 0 fully saturated rings. The van der Waals surface area contributed by atoms with E-state index in [1.54, 1.807) is 74.1 Å². The first-order valence-corrected chi connectivity index (χ1v) is 38.9. The lowest BCUT2D eigenvalue weighted by molar-refractivity contribution is -0.173. The molecule has 0 spiro atoms. The smallest absolute Gasteiger partial charge is 0.471 e. The van der Waals surface area contributed by atoms with Gasteiger partial charge >= 0.3 is 24.2 Å². The van der Waals surface area contributed by atoms with Crippen LogP contribution in [0.15, 0.2) is 142 Å². The van der Waals surface area contributed by atoms with Crippen molar-refractivity contribution >= 4 is 151 Å². The molecule has 9 rings (SSSR count). The summed E-state index contributed by atoms with van der Waals surface area (Å²) in [6.45, 7) is 9.29. The Bertz CT molecular complexity index is 5190. The molecule has 9 aromatic rings. The molecule has 0 unspecified atom stereocenters. The van der Waals surface area contributed by atoms with Crippen LogP contribution in [0, 0.1) is 17.5 Å². The van der Waals surface area contributed by atoms with Gasteiger partial charge in [-0.1, -0.05) is 53.0 Å². The lowest BCUT2D eigenvalue weighted by atomic mass is 10.1. The van der Waals surface area contributed by atoms with Gasteiger partial charge in [0.1, 0.15) is 49.8 Å². The molecule has 3 heterocycles. The molecule has 2 amide bonds. The van der Waals surface area contributed by atoms with E-state index in [0.29, 0.717) is 52.8 Å². The molecule has 3 aromatic heterocycles. The molecule has 42 heteroatoms. The van der Waals surface area contributed by atoms with Crippen molar-refractivity contribution in [3.63, 3.8) is 0 Å². The van der Waals surface area contributed by atoms with Gasteiger partial charge in [-0.2, -0.15) is 41.3 Å². The Morgan fingerprint density at radius 2 is 0.759 bits per heavy atom. The van der Waals surface area contributed by atoms with Crippen molar-refractivity contribution in [1.82, 2.24) is 40.5 Å². The number of aromatic nitrogens is 6. The number of methoxy groups -OCH3 is 3. The van der Waals surface area contributed by atoms with E-state index >= 15 is 0 Å². The van der Waals surface area contributed by atoms with E-state index in [1.807, 2.05) is 12.1 Å². The number of rotatable bonds is 27. The molecule has 0 aliphatic heterocycles. The van der Waals surface area contributed by atoms with E-state index in [9.17, 15) is 74.4 Å². The number of carbonyl (C=O) groups is 2. The van der Waals surface area contributed by atoms with Crippen LogP contribution < -0.4 is 62.9 Å². The van der Waals surface area contributed by atoms with Crippen LogP contribution in [0.1, 0.15) is 58.2 Å². The van der Waals surface area contributed by atoms with Crippen molar-refractivity contribution < 1.29 is 88.6 Å². The standard InChI is InChI=1S/C24H24ClF4N5O4S.C22H25ClFN5O3S.C13H12Cl2FN3O2S.C11H13F3N2O2/c1-13(2)39(36,37)20-7-5-15(26)11-18(20)32-21-16(25)12-31-23(34-21)33-17-10-14(4-6-19(17)38-3)8-9-30-22(35)24(27,28)29;1-13(2)33(30,31)20-7-5-15(24)11-18(20)27-21-16(23)12-26-22(29-21)28-17-10-14(8-9-25)4-6-19(17)32-3;1-7(2)22(20,21)11-4-3-8(16)5-10(11)18-12-9(14)6-17-13(15)19-12;1-18-9-3-2-7(6-8(9)15)4-5-16-10(17)11(12,13)14/h4-7,10-13H,8-9H2,1-3H3,(H,30,35)(H2,31,32,33,34);4-7,10-13H,8-9,25H2,1-3H3,(H2,26,27,28,29);3-7H,1-2H3,(H,17,18,19);2-3,6H,4-5,15H2,1H3,(H,16,17). The van der Waals surface area contributed by atoms with Gasteiger partial charge in [0.2, 0.25) is 17.2 Å². The maximum Gasteiger partial charge on any atom is 0.471 e. The quantitative estimate of drug-likeness (QED) is 0.00999. The molecule has 0 saturated heterocycles. The predicted molar refractivity (Wildman–Crippen MR) is 410 cm³/mol. The van der Waals surface area contributed by atoms with Gasteiger partial charge in [0, 0.05) is 13.1 Å². The molecule has 26 nitrogen and oxygen atoms in total. The highest BCUT2D eigenvalue weighted by molar-refractivity contribution is 7.92. The van der Waals surface area contributed by atoms with Crippen molar-refractivity contribution in [3.05, 3.63) is 182 Å². The Kier molecular flexibility index (Phi) is 32.5. The molecule has 11 N–H and O–H groups in total. The first-order chi connectivity index (χ1) is 52.4. The number of hydrogen-bond acceptors (Lipinski definition) is 24. The summed E-state index contributed by atoms with van der Waals surface area (Å²) in [5.41, 5.74) is 14.9. The number of nitrogens with zero attached hydrogens (tertiary/aromatic N) is 6. The van der Waals surface area contributed by atoms with E-state index in [-0.39, 0.29) is 107 Å². The average molecular weight is 1710 g/mol. The Hall–Kier alpha value is -9.96. The Balaban J connectivity index is 0.000000243. The molecule has 0 aliphatic carbocycles. The van der Waals surface area contributed by atoms with Gasteiger partial charge in [0.15, 0.2) is 47.0 Å². The zero-order valence-electron chi connectivity index (χ0n) is 60.6. The Morgan fingerprint density at radius 1 is 0.438 bits per heavy atom. The number of benzene rings is 6. The minimum absolute atomic E-state index is 0.00704. The number of nitrogens with one attached hydrogen (secondary N) is 7. The average Bonchev–Trinajstić information content (AvgIpc) is 0.801. The zero-order chi connectivity index (χ0) is 83.4. The summed E-state index contributed by atoms with van der Waals surface area (Å²) in [5, 5.41) is 15.9. The van der Waals surface area contributed by atoms with Crippen LogP contribution >= 0.6 is 46.4 Å². The molecule has 0 saturated carbocycles. The van der Waals surface area contributed by atoms with E-state index in [2.05, 4.69) is 56.5 Å². The molecule has 604 valence electrons. The van der Waals surface area contributed by atoms with Gasteiger partial charge in [0.25, 0.3) is 0 Å². The SMILES string of the molecule is CC(C)S(=O)(=O)c1ccc(F)cc1Nc1nc(Cl)ncc1Cl.COc1ccc(CCN)cc1Nc1ncc(Cl)c(Nc2cc(F)ccc2S(=O)(=O)C(C)C)n1.COc1ccc(CCNC(=O)C(F)(F)F)cc1N.COc1ccc(CCNC(=O)C(F)(F)F)cc1Nc1ncc(Cl)c(Nc2cc(F)ccc2S(=O)(=O)C(C)C)n1. The van der Waals surface area contributed by atoms with E-state index < -0.39 is 86.9 Å². The largest absolute Gasteiger partial charge is 0.495 e. The number of anilines is 11. The maximum absolute atomic E-state index is 14.0. The van der Waals surface area contributed by atoms with Crippen LogP contribution in [0.5, 0.6) is 17.2 Å². The predicted octanol–water partition coefficient (Wildman–Crippen LogP) is 15.0. The van der Waals surface area contributed by atoms with Crippen molar-refractivity contribution in [2.45, 2.75) is 104 Å². The third-order valence-corrected chi connectivity index (χ3v) is 22.9. The monoisotopic (exact) mass is 1710 g/mol. The van der Waals surface area contributed by atoms with Crippen LogP contribution in [-0.2, 0) is 58.4 Å². The van der Waals surface area contributed by atoms with Crippen molar-refractivity contribution in [2.24, 2.45) is 5.73 Å². The van der Waals surface area contributed by atoms with Crippen LogP contribution in [0.2, 0.25) is 20.4 Å². The summed E-state index contributed by atoms with van der Waals surface area (Å²) >= 11 is 24.1. The molecule has 112 heavy (non-hydrogen) atoms. The number of nitrogen functional groups attached to an aromatic ring is 1. The topological polar surface area (TPSA) is 378 Å². The molecule has 0 radical (unpaired) electrons. The first-order valence-electron chi connectivity index (χ1n) is 32.8. The highest BCUT2D eigenvalue weighted by Crippen LogP contribution is 2.37. The number of halogens is 13. The lowest BCUT2D eigenvalue weighted by Gasteiger charge is -2.16. The van der Waals surface area contributed by atoms with E-state index in [0.717, 1.165) is 53.6 Å². The molecule has 0 bridgehead atoms. The second kappa shape index (κ2) is 40.0. The fraction of sp³-hybridized carbons (Fsp3) is 0.286. The van der Waals surface area contributed by atoms with Crippen LogP contribution in [0.3, 0.4) is 0 Å². The number of amides is 2. The number of ether oxygens (including phenoxy) is 3. The second-order valence-corrected chi connectivity index (χ2v) is 33.1. The number of nitrogens with two attached hydrogens (primary N) is 2. The summed E-state index contributed by atoms with van der Waals surface area (Å²) in [7, 11) is -6.69. The van der Waals surface area contributed by atoms with Crippen molar-refractivity contribution in [2.75, 3.05) is 73.3 Å². The van der Waals surface area contributed by atoms with Gasteiger partial charge in [-0.05, 0) is 187 Å². The summed E-state index contributed by atoms with van der Waals surface area (Å²) < 4.78 is 206. The fourth-order valence-corrected chi connectivity index (χ4v) is 13.5. The first kappa shape index (κ1) is 90.9. The van der Waals surface area contributed by atoms with Gasteiger partial charge in [-0.25, -0.2) is 53.4 Å². The molecule has 0 atom stereocenters.